The van der Waals surface area contributed by atoms with Crippen molar-refractivity contribution in [1.29, 1.82) is 0 Å². The van der Waals surface area contributed by atoms with Gasteiger partial charge in [-0.15, -0.1) is 0 Å². The maximum Gasteiger partial charge on any atom is -0.0152 e. The second-order valence-corrected chi connectivity index (χ2v) is 6.19. The number of unbranched alkanes of at least 4 members (excludes halogenated alkanes) is 2. The summed E-state index contributed by atoms with van der Waals surface area (Å²) in [6.07, 6.45) is 10.4. The van der Waals surface area contributed by atoms with Crippen molar-refractivity contribution in [1.82, 2.24) is 0 Å². The van der Waals surface area contributed by atoms with E-state index in [4.69, 9.17) is 0 Å². The van der Waals surface area contributed by atoms with Crippen molar-refractivity contribution in [3.05, 3.63) is 54.4 Å². The largest absolute Gasteiger partial charge is 0.0616 e. The van der Waals surface area contributed by atoms with Crippen molar-refractivity contribution in [2.24, 2.45) is 0 Å². The highest BCUT2D eigenvalue weighted by molar-refractivity contribution is 5.86. The number of fused-ring (bicyclic) bond motifs is 1. The van der Waals surface area contributed by atoms with Crippen LogP contribution in [0, 0.1) is 6.92 Å². The van der Waals surface area contributed by atoms with Crippen molar-refractivity contribution in [3.8, 4) is 0 Å². The van der Waals surface area contributed by atoms with Crippen LogP contribution in [0.4, 0.5) is 0 Å². The van der Waals surface area contributed by atoms with Gasteiger partial charge in [-0.05, 0) is 53.5 Å². The first-order chi connectivity index (χ1) is 9.88. The SMILES string of the molecule is [CH2]CCCCc1cc(C2CCCC2)cc2ccccc12. The second kappa shape index (κ2) is 6.43. The molecule has 0 heteroatoms. The van der Waals surface area contributed by atoms with E-state index in [0.29, 0.717) is 0 Å². The summed E-state index contributed by atoms with van der Waals surface area (Å²) < 4.78 is 0. The third-order valence-corrected chi connectivity index (χ3v) is 4.74. The third-order valence-electron chi connectivity index (χ3n) is 4.74. The Morgan fingerprint density at radius 3 is 2.60 bits per heavy atom. The standard InChI is InChI=1S/C20H25/c1-2-3-4-11-17-14-19(16-9-5-6-10-16)15-18-12-7-8-13-20(17)18/h7-8,12-16H,1-6,9-11H2. The molecular weight excluding hydrogens is 240 g/mol. The van der Waals surface area contributed by atoms with Gasteiger partial charge in [0.15, 0.2) is 0 Å². The van der Waals surface area contributed by atoms with E-state index in [0.717, 1.165) is 12.3 Å². The molecule has 2 aromatic rings. The van der Waals surface area contributed by atoms with Gasteiger partial charge in [-0.3, -0.25) is 0 Å². The molecule has 0 amide bonds. The minimum absolute atomic E-state index is 0.811. The van der Waals surface area contributed by atoms with Gasteiger partial charge in [0.25, 0.3) is 0 Å². The summed E-state index contributed by atoms with van der Waals surface area (Å²) in [5, 5.41) is 2.89. The molecule has 105 valence electrons. The van der Waals surface area contributed by atoms with Crippen LogP contribution >= 0.6 is 0 Å². The van der Waals surface area contributed by atoms with Crippen LogP contribution in [0.1, 0.15) is 62.0 Å². The van der Waals surface area contributed by atoms with Crippen LogP contribution in [0.25, 0.3) is 10.8 Å². The van der Waals surface area contributed by atoms with Crippen molar-refractivity contribution in [3.63, 3.8) is 0 Å². The molecule has 0 spiro atoms. The monoisotopic (exact) mass is 265 g/mol. The second-order valence-electron chi connectivity index (χ2n) is 6.19. The van der Waals surface area contributed by atoms with Gasteiger partial charge >= 0.3 is 0 Å². The van der Waals surface area contributed by atoms with Gasteiger partial charge in [-0.2, -0.15) is 0 Å². The molecule has 1 radical (unpaired) electrons. The van der Waals surface area contributed by atoms with Crippen LogP contribution in [0.2, 0.25) is 0 Å². The van der Waals surface area contributed by atoms with E-state index in [1.54, 1.807) is 11.1 Å². The van der Waals surface area contributed by atoms with Crippen LogP contribution in [0.3, 0.4) is 0 Å². The van der Waals surface area contributed by atoms with Gasteiger partial charge in [0, 0.05) is 0 Å². The predicted octanol–water partition coefficient (Wildman–Crippen LogP) is 6.04. The van der Waals surface area contributed by atoms with Gasteiger partial charge < -0.3 is 0 Å². The van der Waals surface area contributed by atoms with Gasteiger partial charge in [-0.25, -0.2) is 0 Å². The van der Waals surface area contributed by atoms with Crippen molar-refractivity contribution < 1.29 is 0 Å². The van der Waals surface area contributed by atoms with E-state index in [9.17, 15) is 0 Å². The zero-order valence-electron chi connectivity index (χ0n) is 12.4. The van der Waals surface area contributed by atoms with Crippen LogP contribution in [0.5, 0.6) is 0 Å². The molecule has 0 N–H and O–H groups in total. The topological polar surface area (TPSA) is 0 Å². The maximum atomic E-state index is 3.96. The molecule has 20 heavy (non-hydrogen) atoms. The van der Waals surface area contributed by atoms with Crippen molar-refractivity contribution in [2.45, 2.75) is 57.3 Å². The van der Waals surface area contributed by atoms with Crippen LogP contribution < -0.4 is 0 Å². The third kappa shape index (κ3) is 2.90. The zero-order valence-corrected chi connectivity index (χ0v) is 12.4. The van der Waals surface area contributed by atoms with E-state index < -0.39 is 0 Å². The summed E-state index contributed by atoms with van der Waals surface area (Å²) in [6.45, 7) is 3.96. The highest BCUT2D eigenvalue weighted by Crippen LogP contribution is 2.36. The van der Waals surface area contributed by atoms with Crippen molar-refractivity contribution >= 4 is 10.8 Å². The molecule has 0 aromatic heterocycles. The minimum Gasteiger partial charge on any atom is -0.0616 e. The quantitative estimate of drug-likeness (QED) is 0.578. The van der Waals surface area contributed by atoms with Crippen LogP contribution in [-0.2, 0) is 6.42 Å². The van der Waals surface area contributed by atoms with Gasteiger partial charge in [-0.1, -0.05) is 69.0 Å². The molecule has 1 aliphatic rings. The van der Waals surface area contributed by atoms with Gasteiger partial charge in [0.2, 0.25) is 0 Å². The normalized spacial score (nSPS) is 16.1. The summed E-state index contributed by atoms with van der Waals surface area (Å²) in [5.41, 5.74) is 3.14. The Bertz CT molecular complexity index is 561. The van der Waals surface area contributed by atoms with Crippen LogP contribution in [-0.4, -0.2) is 0 Å². The predicted molar refractivity (Wildman–Crippen MR) is 88.1 cm³/mol. The molecule has 2 aromatic carbocycles. The number of benzene rings is 2. The molecule has 0 bridgehead atoms. The average Bonchev–Trinajstić information content (AvgIpc) is 3.01. The lowest BCUT2D eigenvalue weighted by molar-refractivity contribution is 0.717. The first-order valence-electron chi connectivity index (χ1n) is 8.19. The molecule has 0 aliphatic heterocycles. The fourth-order valence-corrected chi connectivity index (χ4v) is 3.61. The highest BCUT2D eigenvalue weighted by Gasteiger charge is 2.18. The Labute approximate surface area is 123 Å². The Hall–Kier alpha value is -1.30. The van der Waals surface area contributed by atoms with E-state index in [1.165, 1.54) is 55.7 Å². The summed E-state index contributed by atoms with van der Waals surface area (Å²) >= 11 is 0. The molecular formula is C20H25. The number of rotatable bonds is 5. The highest BCUT2D eigenvalue weighted by atomic mass is 14.2. The Morgan fingerprint density at radius 1 is 1.00 bits per heavy atom. The molecule has 0 unspecified atom stereocenters. The molecule has 1 saturated carbocycles. The maximum absolute atomic E-state index is 3.96. The molecule has 1 aliphatic carbocycles. The Kier molecular flexibility index (Phi) is 4.40. The fraction of sp³-hybridized carbons (Fsp3) is 0.450. The lowest BCUT2D eigenvalue weighted by atomic mass is 9.90. The van der Waals surface area contributed by atoms with E-state index in [2.05, 4.69) is 43.3 Å². The zero-order chi connectivity index (χ0) is 13.8. The summed E-state index contributed by atoms with van der Waals surface area (Å²) in [6, 6.07) is 13.8. The Balaban J connectivity index is 1.95. The molecule has 3 rings (SSSR count). The Morgan fingerprint density at radius 2 is 1.80 bits per heavy atom. The number of hydrogen-bond donors (Lipinski definition) is 0. The first kappa shape index (κ1) is 13.7. The van der Waals surface area contributed by atoms with E-state index in [-0.39, 0.29) is 0 Å². The number of aryl methyl sites for hydroxylation is 1. The van der Waals surface area contributed by atoms with E-state index in [1.807, 2.05) is 0 Å². The molecule has 0 atom stereocenters. The van der Waals surface area contributed by atoms with Crippen LogP contribution in [0.15, 0.2) is 36.4 Å². The fourth-order valence-electron chi connectivity index (χ4n) is 3.61. The van der Waals surface area contributed by atoms with Gasteiger partial charge in [0.05, 0.1) is 0 Å². The summed E-state index contributed by atoms with van der Waals surface area (Å²) in [7, 11) is 0. The van der Waals surface area contributed by atoms with E-state index >= 15 is 0 Å². The lowest BCUT2D eigenvalue weighted by Crippen LogP contribution is -1.96. The van der Waals surface area contributed by atoms with Gasteiger partial charge in [0.1, 0.15) is 0 Å². The number of hydrogen-bond acceptors (Lipinski definition) is 0. The molecule has 0 saturated heterocycles. The van der Waals surface area contributed by atoms with Crippen molar-refractivity contribution in [2.75, 3.05) is 0 Å². The average molecular weight is 265 g/mol. The minimum atomic E-state index is 0.811. The lowest BCUT2D eigenvalue weighted by Gasteiger charge is -2.14. The smallest absolute Gasteiger partial charge is 0.0152 e. The molecule has 0 heterocycles. The summed E-state index contributed by atoms with van der Waals surface area (Å²) in [5.74, 6) is 0.811. The first-order valence-corrected chi connectivity index (χ1v) is 8.19. The summed E-state index contributed by atoms with van der Waals surface area (Å²) in [4.78, 5) is 0. The molecule has 0 nitrogen and oxygen atoms in total. The molecule has 1 fully saturated rings.